The van der Waals surface area contributed by atoms with E-state index in [9.17, 15) is 0 Å². The summed E-state index contributed by atoms with van der Waals surface area (Å²) in [5, 5.41) is 3.47. The quantitative estimate of drug-likeness (QED) is 0.779. The van der Waals surface area contributed by atoms with Crippen molar-refractivity contribution in [3.63, 3.8) is 0 Å². The van der Waals surface area contributed by atoms with Gasteiger partial charge in [0.1, 0.15) is 0 Å². The molecule has 0 amide bonds. The van der Waals surface area contributed by atoms with E-state index in [-0.39, 0.29) is 5.54 Å². The zero-order valence-electron chi connectivity index (χ0n) is 10.2. The molecule has 0 aliphatic rings. The lowest BCUT2D eigenvalue weighted by atomic mass is 10.1. The Hall–Kier alpha value is -0.800. The summed E-state index contributed by atoms with van der Waals surface area (Å²) in [6, 6.07) is 2.01. The molecule has 0 aliphatic carbocycles. The zero-order chi connectivity index (χ0) is 11.3. The second-order valence-corrected chi connectivity index (χ2v) is 4.72. The van der Waals surface area contributed by atoms with Crippen LogP contribution in [0.15, 0.2) is 23.0 Å². The summed E-state index contributed by atoms with van der Waals surface area (Å²) in [5.74, 6) is 0. The third-order valence-corrected chi connectivity index (χ3v) is 2.35. The summed E-state index contributed by atoms with van der Waals surface area (Å²) in [6.07, 6.45) is 3.52. The molecule has 1 aromatic rings. The molecule has 86 valence electrons. The molecule has 0 bridgehead atoms. The van der Waals surface area contributed by atoms with Crippen LogP contribution in [0.5, 0.6) is 0 Å². The molecule has 15 heavy (non-hydrogen) atoms. The normalized spacial score (nSPS) is 12.3. The number of hydrogen-bond acceptors (Lipinski definition) is 3. The van der Waals surface area contributed by atoms with Crippen molar-refractivity contribution in [1.82, 2.24) is 10.2 Å². The van der Waals surface area contributed by atoms with Crippen LogP contribution in [-0.4, -0.2) is 30.6 Å². The Morgan fingerprint density at radius 3 is 2.73 bits per heavy atom. The minimum Gasteiger partial charge on any atom is -0.472 e. The van der Waals surface area contributed by atoms with Gasteiger partial charge in [-0.05, 0) is 33.5 Å². The molecule has 0 unspecified atom stereocenters. The Kier molecular flexibility index (Phi) is 4.36. The predicted molar refractivity (Wildman–Crippen MR) is 62.8 cm³/mol. The van der Waals surface area contributed by atoms with Crippen LogP contribution in [0.3, 0.4) is 0 Å². The Labute approximate surface area is 92.5 Å². The van der Waals surface area contributed by atoms with Crippen molar-refractivity contribution >= 4 is 0 Å². The van der Waals surface area contributed by atoms with Gasteiger partial charge >= 0.3 is 0 Å². The lowest BCUT2D eigenvalue weighted by Gasteiger charge is -2.30. The molecule has 1 heterocycles. The highest BCUT2D eigenvalue weighted by molar-refractivity contribution is 5.04. The number of nitrogens with one attached hydrogen (secondary N) is 1. The van der Waals surface area contributed by atoms with Gasteiger partial charge in [0.15, 0.2) is 0 Å². The molecule has 1 rings (SSSR count). The van der Waals surface area contributed by atoms with Crippen LogP contribution in [0.2, 0.25) is 0 Å². The van der Waals surface area contributed by atoms with E-state index < -0.39 is 0 Å². The number of likely N-dealkylation sites (N-methyl/N-ethyl adjacent to an activating group) is 2. The Balaban J connectivity index is 2.38. The van der Waals surface area contributed by atoms with Gasteiger partial charge in [0.25, 0.3) is 0 Å². The predicted octanol–water partition coefficient (Wildman–Crippen LogP) is 2.10. The molecule has 0 atom stereocenters. The van der Waals surface area contributed by atoms with Crippen LogP contribution in [-0.2, 0) is 6.54 Å². The molecule has 0 fully saturated rings. The maximum atomic E-state index is 5.05. The van der Waals surface area contributed by atoms with E-state index in [1.807, 2.05) is 6.07 Å². The highest BCUT2D eigenvalue weighted by Crippen LogP contribution is 2.08. The van der Waals surface area contributed by atoms with Gasteiger partial charge in [-0.1, -0.05) is 6.92 Å². The van der Waals surface area contributed by atoms with E-state index in [0.29, 0.717) is 0 Å². The number of hydrogen-bond donors (Lipinski definition) is 1. The van der Waals surface area contributed by atoms with Crippen molar-refractivity contribution < 1.29 is 4.42 Å². The van der Waals surface area contributed by atoms with E-state index in [2.05, 4.69) is 38.0 Å². The van der Waals surface area contributed by atoms with Crippen LogP contribution < -0.4 is 5.32 Å². The fraction of sp³-hybridized carbons (Fsp3) is 0.667. The molecule has 3 heteroatoms. The van der Waals surface area contributed by atoms with Crippen LogP contribution in [0.1, 0.15) is 26.3 Å². The minimum atomic E-state index is 0.160. The molecule has 1 N–H and O–H groups in total. The van der Waals surface area contributed by atoms with Gasteiger partial charge in [0.05, 0.1) is 12.5 Å². The van der Waals surface area contributed by atoms with E-state index in [1.54, 1.807) is 12.5 Å². The summed E-state index contributed by atoms with van der Waals surface area (Å²) >= 11 is 0. The van der Waals surface area contributed by atoms with Crippen LogP contribution in [0, 0.1) is 0 Å². The standard InChI is InChI=1S/C12H22N2O/c1-5-13-12(2,3)10-14(4)8-11-6-7-15-9-11/h6-7,9,13H,5,8,10H2,1-4H3. The highest BCUT2D eigenvalue weighted by atomic mass is 16.3. The first kappa shape index (κ1) is 12.3. The zero-order valence-corrected chi connectivity index (χ0v) is 10.2. The molecule has 3 nitrogen and oxygen atoms in total. The summed E-state index contributed by atoms with van der Waals surface area (Å²) in [6.45, 7) is 9.55. The van der Waals surface area contributed by atoms with Crippen molar-refractivity contribution in [2.45, 2.75) is 32.9 Å². The first-order valence-corrected chi connectivity index (χ1v) is 5.48. The molecule has 0 saturated carbocycles. The Morgan fingerprint density at radius 1 is 1.47 bits per heavy atom. The first-order chi connectivity index (χ1) is 7.03. The molecule has 0 aliphatic heterocycles. The molecule has 0 radical (unpaired) electrons. The maximum absolute atomic E-state index is 5.05. The lowest BCUT2D eigenvalue weighted by molar-refractivity contribution is 0.231. The highest BCUT2D eigenvalue weighted by Gasteiger charge is 2.18. The smallest absolute Gasteiger partial charge is 0.0947 e. The van der Waals surface area contributed by atoms with Crippen molar-refractivity contribution in [3.05, 3.63) is 24.2 Å². The first-order valence-electron chi connectivity index (χ1n) is 5.48. The van der Waals surface area contributed by atoms with Crippen LogP contribution in [0.4, 0.5) is 0 Å². The fourth-order valence-corrected chi connectivity index (χ4v) is 1.96. The Morgan fingerprint density at radius 2 is 2.20 bits per heavy atom. The summed E-state index contributed by atoms with van der Waals surface area (Å²) in [7, 11) is 2.13. The molecule has 1 aromatic heterocycles. The van der Waals surface area contributed by atoms with Gasteiger partial charge in [-0.3, -0.25) is 0 Å². The van der Waals surface area contributed by atoms with Crippen molar-refractivity contribution in [1.29, 1.82) is 0 Å². The molecule has 0 aromatic carbocycles. The molecule has 0 saturated heterocycles. The van der Waals surface area contributed by atoms with E-state index in [1.165, 1.54) is 5.56 Å². The summed E-state index contributed by atoms with van der Waals surface area (Å²) < 4.78 is 5.05. The monoisotopic (exact) mass is 210 g/mol. The number of furan rings is 1. The Bertz CT molecular complexity index is 267. The second-order valence-electron chi connectivity index (χ2n) is 4.72. The second kappa shape index (κ2) is 5.33. The minimum absolute atomic E-state index is 0.160. The number of rotatable bonds is 6. The average Bonchev–Trinajstić information content (AvgIpc) is 2.54. The van der Waals surface area contributed by atoms with E-state index in [4.69, 9.17) is 4.42 Å². The summed E-state index contributed by atoms with van der Waals surface area (Å²) in [4.78, 5) is 2.30. The van der Waals surface area contributed by atoms with Gasteiger partial charge in [-0.2, -0.15) is 0 Å². The maximum Gasteiger partial charge on any atom is 0.0947 e. The number of nitrogens with zero attached hydrogens (tertiary/aromatic N) is 1. The topological polar surface area (TPSA) is 28.4 Å². The van der Waals surface area contributed by atoms with Gasteiger partial charge in [0, 0.05) is 24.2 Å². The lowest BCUT2D eigenvalue weighted by Crippen LogP contribution is -2.47. The van der Waals surface area contributed by atoms with Crippen molar-refractivity contribution in [3.8, 4) is 0 Å². The van der Waals surface area contributed by atoms with Crippen molar-refractivity contribution in [2.24, 2.45) is 0 Å². The summed E-state index contributed by atoms with van der Waals surface area (Å²) in [5.41, 5.74) is 1.39. The van der Waals surface area contributed by atoms with Gasteiger partial charge in [-0.25, -0.2) is 0 Å². The van der Waals surface area contributed by atoms with Gasteiger partial charge in [-0.15, -0.1) is 0 Å². The van der Waals surface area contributed by atoms with Gasteiger partial charge in [0.2, 0.25) is 0 Å². The van der Waals surface area contributed by atoms with Gasteiger partial charge < -0.3 is 14.6 Å². The van der Waals surface area contributed by atoms with Crippen LogP contribution in [0.25, 0.3) is 0 Å². The molecular formula is C12H22N2O. The SMILES string of the molecule is CCNC(C)(C)CN(C)Cc1ccoc1. The average molecular weight is 210 g/mol. The van der Waals surface area contributed by atoms with Crippen LogP contribution >= 0.6 is 0 Å². The largest absolute Gasteiger partial charge is 0.472 e. The molecule has 0 spiro atoms. The van der Waals surface area contributed by atoms with E-state index >= 15 is 0 Å². The van der Waals surface area contributed by atoms with E-state index in [0.717, 1.165) is 19.6 Å². The third-order valence-electron chi connectivity index (χ3n) is 2.35. The third kappa shape index (κ3) is 4.49. The molecular weight excluding hydrogens is 188 g/mol. The van der Waals surface area contributed by atoms with Crippen molar-refractivity contribution in [2.75, 3.05) is 20.1 Å². The fourth-order valence-electron chi connectivity index (χ4n) is 1.96.